The lowest BCUT2D eigenvalue weighted by Crippen LogP contribution is -2.01. The van der Waals surface area contributed by atoms with Gasteiger partial charge in [-0.05, 0) is 39.8 Å². The van der Waals surface area contributed by atoms with Crippen molar-refractivity contribution >= 4 is 11.3 Å². The summed E-state index contributed by atoms with van der Waals surface area (Å²) in [5.74, 6) is 0.728. The van der Waals surface area contributed by atoms with Crippen LogP contribution < -0.4 is 4.74 Å². The van der Waals surface area contributed by atoms with E-state index >= 15 is 0 Å². The molecule has 4 heteroatoms. The fourth-order valence-corrected chi connectivity index (χ4v) is 2.71. The van der Waals surface area contributed by atoms with Gasteiger partial charge in [0.15, 0.2) is 0 Å². The summed E-state index contributed by atoms with van der Waals surface area (Å²) < 4.78 is 5.80. The molecule has 0 spiro atoms. The minimum atomic E-state index is -0.533. The van der Waals surface area contributed by atoms with Gasteiger partial charge >= 0.3 is 0 Å². The van der Waals surface area contributed by atoms with Crippen LogP contribution in [-0.2, 0) is 6.61 Å². The summed E-state index contributed by atoms with van der Waals surface area (Å²) in [5.41, 5.74) is 3.00. The number of thiazole rings is 1. The summed E-state index contributed by atoms with van der Waals surface area (Å²) in [7, 11) is 0. The number of aliphatic hydroxyl groups excluding tert-OH is 1. The van der Waals surface area contributed by atoms with Gasteiger partial charge in [-0.3, -0.25) is 0 Å². The van der Waals surface area contributed by atoms with Crippen molar-refractivity contribution in [1.82, 2.24) is 4.98 Å². The number of aryl methyl sites for hydroxylation is 3. The molecule has 19 heavy (non-hydrogen) atoms. The van der Waals surface area contributed by atoms with Gasteiger partial charge in [0.1, 0.15) is 17.4 Å². The molecule has 2 rings (SSSR count). The molecular weight excluding hydrogens is 258 g/mol. The molecule has 2 aromatic rings. The van der Waals surface area contributed by atoms with Crippen molar-refractivity contribution < 1.29 is 9.84 Å². The van der Waals surface area contributed by atoms with Crippen LogP contribution in [-0.4, -0.2) is 10.1 Å². The molecule has 1 aromatic carbocycles. The number of ether oxygens (including phenoxy) is 1. The second-order valence-electron chi connectivity index (χ2n) is 4.76. The first-order valence-electron chi connectivity index (χ1n) is 6.31. The Labute approximate surface area is 117 Å². The molecular formula is C15H19NO2S. The minimum Gasteiger partial charge on any atom is -0.486 e. The van der Waals surface area contributed by atoms with E-state index in [0.29, 0.717) is 6.61 Å². The number of hydrogen-bond donors (Lipinski definition) is 1. The molecule has 3 nitrogen and oxygen atoms in total. The second kappa shape index (κ2) is 5.72. The topological polar surface area (TPSA) is 42.4 Å². The molecule has 0 aliphatic rings. The Morgan fingerprint density at radius 1 is 1.32 bits per heavy atom. The average molecular weight is 277 g/mol. The molecule has 0 aliphatic heterocycles. The highest BCUT2D eigenvalue weighted by atomic mass is 32.1. The van der Waals surface area contributed by atoms with Gasteiger partial charge in [-0.2, -0.15) is 0 Å². The third kappa shape index (κ3) is 3.33. The molecule has 1 atom stereocenters. The lowest BCUT2D eigenvalue weighted by molar-refractivity contribution is 0.190. The average Bonchev–Trinajstić information content (AvgIpc) is 2.67. The van der Waals surface area contributed by atoms with Gasteiger partial charge in [-0.25, -0.2) is 4.98 Å². The van der Waals surface area contributed by atoms with E-state index in [2.05, 4.69) is 11.9 Å². The van der Waals surface area contributed by atoms with Gasteiger partial charge in [-0.15, -0.1) is 11.3 Å². The summed E-state index contributed by atoms with van der Waals surface area (Å²) in [6, 6.07) is 5.85. The highest BCUT2D eigenvalue weighted by Gasteiger charge is 2.11. The third-order valence-electron chi connectivity index (χ3n) is 3.04. The Morgan fingerprint density at radius 2 is 2.05 bits per heavy atom. The SMILES string of the molecule is Cc1ccc(OCc2nc(C)c(C)s2)c(C(C)O)c1. The summed E-state index contributed by atoms with van der Waals surface area (Å²) in [6.45, 7) is 8.26. The number of benzene rings is 1. The predicted octanol–water partition coefficient (Wildman–Crippen LogP) is 3.70. The van der Waals surface area contributed by atoms with Crippen LogP contribution >= 0.6 is 11.3 Å². The zero-order valence-corrected chi connectivity index (χ0v) is 12.5. The van der Waals surface area contributed by atoms with Gasteiger partial charge in [0.2, 0.25) is 0 Å². The quantitative estimate of drug-likeness (QED) is 0.926. The van der Waals surface area contributed by atoms with Crippen LogP contribution in [0.5, 0.6) is 5.75 Å². The Kier molecular flexibility index (Phi) is 4.22. The highest BCUT2D eigenvalue weighted by molar-refractivity contribution is 7.11. The molecule has 102 valence electrons. The summed E-state index contributed by atoms with van der Waals surface area (Å²) in [5, 5.41) is 10.7. The highest BCUT2D eigenvalue weighted by Crippen LogP contribution is 2.27. The summed E-state index contributed by atoms with van der Waals surface area (Å²) >= 11 is 1.65. The van der Waals surface area contributed by atoms with Crippen molar-refractivity contribution in [3.8, 4) is 5.75 Å². The number of aromatic nitrogens is 1. The standard InChI is InChI=1S/C15H19NO2S/c1-9-5-6-14(13(7-9)11(3)17)18-8-15-16-10(2)12(4)19-15/h5-7,11,17H,8H2,1-4H3. The van der Waals surface area contributed by atoms with Crippen molar-refractivity contribution in [2.75, 3.05) is 0 Å². The second-order valence-corrected chi connectivity index (χ2v) is 6.04. The van der Waals surface area contributed by atoms with E-state index in [1.807, 2.05) is 32.0 Å². The van der Waals surface area contributed by atoms with Crippen LogP contribution in [0.2, 0.25) is 0 Å². The van der Waals surface area contributed by atoms with Gasteiger partial charge in [0, 0.05) is 10.4 Å². The maximum absolute atomic E-state index is 9.78. The zero-order chi connectivity index (χ0) is 14.0. The van der Waals surface area contributed by atoms with Crippen LogP contribution in [0.1, 0.15) is 39.7 Å². The van der Waals surface area contributed by atoms with Crippen LogP contribution in [0.3, 0.4) is 0 Å². The Bertz CT molecular complexity index is 556. The summed E-state index contributed by atoms with van der Waals surface area (Å²) in [6.07, 6.45) is -0.533. The molecule has 1 aromatic heterocycles. The van der Waals surface area contributed by atoms with E-state index < -0.39 is 6.10 Å². The minimum absolute atomic E-state index is 0.447. The van der Waals surface area contributed by atoms with Gasteiger partial charge in [-0.1, -0.05) is 11.6 Å². The van der Waals surface area contributed by atoms with Crippen molar-refractivity contribution in [2.24, 2.45) is 0 Å². The maximum Gasteiger partial charge on any atom is 0.140 e. The number of aliphatic hydroxyl groups is 1. The zero-order valence-electron chi connectivity index (χ0n) is 11.7. The molecule has 1 unspecified atom stereocenters. The van der Waals surface area contributed by atoms with E-state index in [-0.39, 0.29) is 0 Å². The van der Waals surface area contributed by atoms with Crippen LogP contribution in [0.4, 0.5) is 0 Å². The fourth-order valence-electron chi connectivity index (χ4n) is 1.87. The fraction of sp³-hybridized carbons (Fsp3) is 0.400. The molecule has 0 aliphatic carbocycles. The maximum atomic E-state index is 9.78. The number of hydrogen-bond acceptors (Lipinski definition) is 4. The Hall–Kier alpha value is -1.39. The van der Waals surface area contributed by atoms with Crippen LogP contribution in [0, 0.1) is 20.8 Å². The van der Waals surface area contributed by atoms with Crippen molar-refractivity contribution in [3.63, 3.8) is 0 Å². The van der Waals surface area contributed by atoms with Crippen LogP contribution in [0.15, 0.2) is 18.2 Å². The molecule has 0 amide bonds. The molecule has 0 saturated carbocycles. The largest absolute Gasteiger partial charge is 0.486 e. The smallest absolute Gasteiger partial charge is 0.140 e. The van der Waals surface area contributed by atoms with Crippen molar-refractivity contribution in [2.45, 2.75) is 40.4 Å². The number of nitrogens with zero attached hydrogens (tertiary/aromatic N) is 1. The molecule has 0 saturated heterocycles. The van der Waals surface area contributed by atoms with Crippen molar-refractivity contribution in [3.05, 3.63) is 44.9 Å². The Balaban J connectivity index is 2.15. The molecule has 1 heterocycles. The number of rotatable bonds is 4. The lowest BCUT2D eigenvalue weighted by Gasteiger charge is -2.13. The normalized spacial score (nSPS) is 12.5. The molecule has 0 bridgehead atoms. The monoisotopic (exact) mass is 277 g/mol. The first-order valence-corrected chi connectivity index (χ1v) is 7.13. The third-order valence-corrected chi connectivity index (χ3v) is 4.09. The van der Waals surface area contributed by atoms with Crippen molar-refractivity contribution in [1.29, 1.82) is 0 Å². The van der Waals surface area contributed by atoms with E-state index in [0.717, 1.165) is 27.6 Å². The molecule has 0 radical (unpaired) electrons. The van der Waals surface area contributed by atoms with Gasteiger partial charge in [0.25, 0.3) is 0 Å². The van der Waals surface area contributed by atoms with E-state index in [1.54, 1.807) is 18.3 Å². The van der Waals surface area contributed by atoms with E-state index in [1.165, 1.54) is 4.88 Å². The van der Waals surface area contributed by atoms with E-state index in [4.69, 9.17) is 4.74 Å². The summed E-state index contributed by atoms with van der Waals surface area (Å²) in [4.78, 5) is 5.67. The lowest BCUT2D eigenvalue weighted by atomic mass is 10.1. The van der Waals surface area contributed by atoms with Gasteiger partial charge in [0.05, 0.1) is 11.8 Å². The van der Waals surface area contributed by atoms with Crippen LogP contribution in [0.25, 0.3) is 0 Å². The molecule has 1 N–H and O–H groups in total. The predicted molar refractivity (Wildman–Crippen MR) is 77.7 cm³/mol. The first-order chi connectivity index (χ1) is 8.97. The first kappa shape index (κ1) is 14.0. The van der Waals surface area contributed by atoms with Gasteiger partial charge < -0.3 is 9.84 Å². The molecule has 0 fully saturated rings. The van der Waals surface area contributed by atoms with E-state index in [9.17, 15) is 5.11 Å². The Morgan fingerprint density at radius 3 is 2.63 bits per heavy atom.